The summed E-state index contributed by atoms with van der Waals surface area (Å²) < 4.78 is 7.34. The zero-order chi connectivity index (χ0) is 12.3. The van der Waals surface area contributed by atoms with Gasteiger partial charge >= 0.3 is 0 Å². The van der Waals surface area contributed by atoms with Gasteiger partial charge in [0.05, 0.1) is 12.3 Å². The number of hydrogen-bond donors (Lipinski definition) is 1. The molecule has 0 bridgehead atoms. The van der Waals surface area contributed by atoms with Crippen molar-refractivity contribution in [3.05, 3.63) is 18.0 Å². The first-order valence-electron chi connectivity index (χ1n) is 6.22. The molecular weight excluding hydrogens is 218 g/mol. The van der Waals surface area contributed by atoms with E-state index in [1.807, 2.05) is 19.3 Å². The Morgan fingerprint density at radius 1 is 1.65 bits per heavy atom. The first-order valence-corrected chi connectivity index (χ1v) is 6.22. The van der Waals surface area contributed by atoms with Gasteiger partial charge in [0.2, 0.25) is 0 Å². The minimum absolute atomic E-state index is 0.162. The summed E-state index contributed by atoms with van der Waals surface area (Å²) in [7, 11) is 1.85. The van der Waals surface area contributed by atoms with Gasteiger partial charge in [-0.2, -0.15) is 5.10 Å². The third-order valence-electron chi connectivity index (χ3n) is 3.11. The van der Waals surface area contributed by atoms with Crippen LogP contribution in [0.4, 0.5) is 0 Å². The summed E-state index contributed by atoms with van der Waals surface area (Å²) in [5.74, 6) is 0. The molecule has 5 nitrogen and oxygen atoms in total. The predicted molar refractivity (Wildman–Crippen MR) is 64.6 cm³/mol. The van der Waals surface area contributed by atoms with Gasteiger partial charge in [-0.05, 0) is 19.0 Å². The molecule has 5 heteroatoms. The number of nitrogens with zero attached hydrogens (tertiary/aromatic N) is 3. The first-order chi connectivity index (χ1) is 8.20. The van der Waals surface area contributed by atoms with Crippen molar-refractivity contribution in [3.63, 3.8) is 0 Å². The Balaban J connectivity index is 1.97. The molecule has 0 amide bonds. The number of morpholine rings is 1. The van der Waals surface area contributed by atoms with Gasteiger partial charge in [0.15, 0.2) is 0 Å². The highest BCUT2D eigenvalue weighted by molar-refractivity contribution is 5.05. The van der Waals surface area contributed by atoms with Crippen LogP contribution in [0.5, 0.6) is 0 Å². The maximum absolute atomic E-state index is 10.2. The summed E-state index contributed by atoms with van der Waals surface area (Å²) in [5.41, 5.74) is 0.691. The van der Waals surface area contributed by atoms with Gasteiger partial charge in [0, 0.05) is 26.3 Å². The van der Waals surface area contributed by atoms with E-state index in [4.69, 9.17) is 4.74 Å². The molecule has 0 saturated carbocycles. The van der Waals surface area contributed by atoms with Crippen molar-refractivity contribution in [2.45, 2.75) is 25.6 Å². The maximum Gasteiger partial charge on any atom is 0.125 e. The predicted octanol–water partition coefficient (Wildman–Crippen LogP) is 0.564. The molecule has 1 N–H and O–H groups in total. The molecule has 2 rings (SSSR count). The third-order valence-corrected chi connectivity index (χ3v) is 3.11. The summed E-state index contributed by atoms with van der Waals surface area (Å²) in [5, 5.41) is 14.4. The van der Waals surface area contributed by atoms with Crippen LogP contribution in [-0.2, 0) is 11.8 Å². The molecule has 17 heavy (non-hydrogen) atoms. The van der Waals surface area contributed by atoms with Crippen molar-refractivity contribution in [1.82, 2.24) is 14.7 Å². The molecule has 1 aromatic heterocycles. The van der Waals surface area contributed by atoms with Gasteiger partial charge in [-0.1, -0.05) is 6.92 Å². The molecule has 1 fully saturated rings. The van der Waals surface area contributed by atoms with Gasteiger partial charge < -0.3 is 9.84 Å². The molecule has 0 aromatic carbocycles. The number of aliphatic hydroxyl groups is 1. The maximum atomic E-state index is 10.2. The van der Waals surface area contributed by atoms with E-state index in [2.05, 4.69) is 16.9 Å². The summed E-state index contributed by atoms with van der Waals surface area (Å²) in [6, 6.07) is 1.84. The highest BCUT2D eigenvalue weighted by Crippen LogP contribution is 2.20. The summed E-state index contributed by atoms with van der Waals surface area (Å²) in [6.45, 7) is 5.66. The van der Waals surface area contributed by atoms with E-state index in [9.17, 15) is 5.11 Å². The van der Waals surface area contributed by atoms with E-state index in [0.29, 0.717) is 12.3 Å². The lowest BCUT2D eigenvalue weighted by molar-refractivity contribution is -0.0911. The fourth-order valence-corrected chi connectivity index (χ4v) is 2.22. The molecule has 96 valence electrons. The molecule has 2 heterocycles. The fraction of sp³-hybridized carbons (Fsp3) is 0.750. The van der Waals surface area contributed by atoms with E-state index in [0.717, 1.165) is 26.1 Å². The monoisotopic (exact) mass is 239 g/mol. The number of aromatic nitrogens is 2. The lowest BCUT2D eigenvalue weighted by Crippen LogP contribution is -2.45. The van der Waals surface area contributed by atoms with Crippen molar-refractivity contribution in [2.24, 2.45) is 7.05 Å². The normalized spacial score (nSPS) is 23.8. The van der Waals surface area contributed by atoms with E-state index < -0.39 is 6.10 Å². The van der Waals surface area contributed by atoms with Crippen molar-refractivity contribution in [1.29, 1.82) is 0 Å². The average molecular weight is 239 g/mol. The standard InChI is InChI=1S/C12H21N3O2/c1-3-5-15-7-8-17-11(9-15)12(16)10-4-6-14(2)13-10/h4,6,11-12,16H,3,5,7-9H2,1-2H3. The quantitative estimate of drug-likeness (QED) is 0.834. The summed E-state index contributed by atoms with van der Waals surface area (Å²) in [6.07, 6.45) is 2.18. The van der Waals surface area contributed by atoms with Crippen LogP contribution in [0, 0.1) is 0 Å². The summed E-state index contributed by atoms with van der Waals surface area (Å²) in [4.78, 5) is 2.33. The lowest BCUT2D eigenvalue weighted by atomic mass is 10.1. The molecule has 1 aliphatic heterocycles. The van der Waals surface area contributed by atoms with Crippen molar-refractivity contribution in [2.75, 3.05) is 26.2 Å². The molecule has 2 unspecified atom stereocenters. The number of ether oxygens (including phenoxy) is 1. The first kappa shape index (κ1) is 12.5. The van der Waals surface area contributed by atoms with Gasteiger partial charge in [-0.15, -0.1) is 0 Å². The Labute approximate surface area is 102 Å². The van der Waals surface area contributed by atoms with Gasteiger partial charge in [-0.3, -0.25) is 9.58 Å². The minimum Gasteiger partial charge on any atom is -0.384 e. The molecule has 0 radical (unpaired) electrons. The topological polar surface area (TPSA) is 50.5 Å². The van der Waals surface area contributed by atoms with Crippen LogP contribution in [0.2, 0.25) is 0 Å². The SMILES string of the molecule is CCCN1CCOC(C(O)c2ccn(C)n2)C1. The lowest BCUT2D eigenvalue weighted by Gasteiger charge is -2.34. The molecule has 1 aliphatic rings. The van der Waals surface area contributed by atoms with Crippen molar-refractivity contribution >= 4 is 0 Å². The Bertz CT molecular complexity index is 351. The second kappa shape index (κ2) is 5.62. The number of aryl methyl sites for hydroxylation is 1. The van der Waals surface area contributed by atoms with Crippen LogP contribution in [0.3, 0.4) is 0 Å². The van der Waals surface area contributed by atoms with Gasteiger partial charge in [0.25, 0.3) is 0 Å². The third kappa shape index (κ3) is 3.06. The Morgan fingerprint density at radius 3 is 3.12 bits per heavy atom. The smallest absolute Gasteiger partial charge is 0.125 e. The van der Waals surface area contributed by atoms with E-state index in [-0.39, 0.29) is 6.10 Å². The van der Waals surface area contributed by atoms with E-state index >= 15 is 0 Å². The van der Waals surface area contributed by atoms with Crippen LogP contribution in [0.15, 0.2) is 12.3 Å². The molecule has 2 atom stereocenters. The van der Waals surface area contributed by atoms with Crippen molar-refractivity contribution < 1.29 is 9.84 Å². The highest BCUT2D eigenvalue weighted by Gasteiger charge is 2.28. The van der Waals surface area contributed by atoms with Crippen LogP contribution < -0.4 is 0 Å². The molecule has 1 aromatic rings. The Hall–Kier alpha value is -0.910. The Morgan fingerprint density at radius 2 is 2.47 bits per heavy atom. The van der Waals surface area contributed by atoms with Crippen LogP contribution in [0.25, 0.3) is 0 Å². The highest BCUT2D eigenvalue weighted by atomic mass is 16.5. The number of aliphatic hydroxyl groups excluding tert-OH is 1. The molecule has 0 aliphatic carbocycles. The van der Waals surface area contributed by atoms with Crippen LogP contribution in [-0.4, -0.2) is 52.1 Å². The zero-order valence-corrected chi connectivity index (χ0v) is 10.5. The largest absolute Gasteiger partial charge is 0.384 e. The number of hydrogen-bond acceptors (Lipinski definition) is 4. The minimum atomic E-state index is -0.629. The van der Waals surface area contributed by atoms with Crippen molar-refractivity contribution in [3.8, 4) is 0 Å². The molecule has 0 spiro atoms. The fourth-order valence-electron chi connectivity index (χ4n) is 2.22. The zero-order valence-electron chi connectivity index (χ0n) is 10.5. The molecular formula is C12H21N3O2. The second-order valence-corrected chi connectivity index (χ2v) is 4.57. The van der Waals surface area contributed by atoms with E-state index in [1.54, 1.807) is 4.68 Å². The molecule has 1 saturated heterocycles. The van der Waals surface area contributed by atoms with Gasteiger partial charge in [0.1, 0.15) is 12.2 Å². The Kier molecular flexibility index (Phi) is 4.15. The van der Waals surface area contributed by atoms with E-state index in [1.165, 1.54) is 0 Å². The number of rotatable bonds is 4. The van der Waals surface area contributed by atoms with Gasteiger partial charge in [-0.25, -0.2) is 0 Å². The van der Waals surface area contributed by atoms with Crippen LogP contribution in [0.1, 0.15) is 25.1 Å². The second-order valence-electron chi connectivity index (χ2n) is 4.57. The van der Waals surface area contributed by atoms with Crippen LogP contribution >= 0.6 is 0 Å². The average Bonchev–Trinajstić information content (AvgIpc) is 2.76. The summed E-state index contributed by atoms with van der Waals surface area (Å²) >= 11 is 0.